The van der Waals surface area contributed by atoms with Gasteiger partial charge in [0.1, 0.15) is 5.82 Å². The molecule has 0 radical (unpaired) electrons. The number of aryl methyl sites for hydroxylation is 1. The number of alkyl halides is 3. The topological polar surface area (TPSA) is 98.4 Å². The van der Waals surface area contributed by atoms with Gasteiger partial charge in [0.15, 0.2) is 6.61 Å². The minimum atomic E-state index is -4.46. The van der Waals surface area contributed by atoms with Gasteiger partial charge in [0, 0.05) is 29.9 Å². The van der Waals surface area contributed by atoms with E-state index >= 15 is 0 Å². The summed E-state index contributed by atoms with van der Waals surface area (Å²) in [5.74, 6) is -0.818. The summed E-state index contributed by atoms with van der Waals surface area (Å²) in [6, 6.07) is 4.41. The first-order chi connectivity index (χ1) is 13.1. The fourth-order valence-electron chi connectivity index (χ4n) is 2.40. The van der Waals surface area contributed by atoms with Crippen LogP contribution in [0, 0.1) is 6.92 Å². The molecule has 0 aliphatic rings. The van der Waals surface area contributed by atoms with Crippen LogP contribution in [0.4, 0.5) is 19.0 Å². The fraction of sp³-hybridized carbons (Fsp3) is 0.333. The first-order valence-corrected chi connectivity index (χ1v) is 8.32. The SMILES string of the molecule is CCC(=O)N(Cc1cnc(OCC(F)(F)F)c(C)c1)c1cc(C(N)=O)ccn1. The first-order valence-electron chi connectivity index (χ1n) is 8.32. The van der Waals surface area contributed by atoms with E-state index in [4.69, 9.17) is 5.73 Å². The lowest BCUT2D eigenvalue weighted by atomic mass is 10.2. The van der Waals surface area contributed by atoms with Gasteiger partial charge in [0.2, 0.25) is 17.7 Å². The van der Waals surface area contributed by atoms with Gasteiger partial charge in [-0.15, -0.1) is 0 Å². The molecule has 0 unspecified atom stereocenters. The number of amides is 2. The average molecular weight is 396 g/mol. The molecule has 0 saturated carbocycles. The highest BCUT2D eigenvalue weighted by atomic mass is 19.4. The van der Waals surface area contributed by atoms with Crippen molar-refractivity contribution in [2.45, 2.75) is 33.0 Å². The standard InChI is InChI=1S/C18H19F3N4O3/c1-3-15(26)25(14-7-13(16(22)27)4-5-23-14)9-12-6-11(2)17(24-8-12)28-10-18(19,20)21/h4-8H,3,9-10H2,1-2H3,(H2,22,27). The predicted molar refractivity (Wildman–Crippen MR) is 94.8 cm³/mol. The van der Waals surface area contributed by atoms with Crippen LogP contribution >= 0.6 is 0 Å². The lowest BCUT2D eigenvalue weighted by Crippen LogP contribution is -2.31. The molecule has 150 valence electrons. The monoisotopic (exact) mass is 396 g/mol. The van der Waals surface area contributed by atoms with Gasteiger partial charge in [0.05, 0.1) is 6.54 Å². The minimum absolute atomic E-state index is 0.0648. The minimum Gasteiger partial charge on any atom is -0.468 e. The summed E-state index contributed by atoms with van der Waals surface area (Å²) in [4.78, 5) is 33.1. The number of hydrogen-bond acceptors (Lipinski definition) is 5. The summed E-state index contributed by atoms with van der Waals surface area (Å²) in [5.41, 5.74) is 6.42. The van der Waals surface area contributed by atoms with E-state index in [1.807, 2.05) is 0 Å². The molecule has 2 amide bonds. The van der Waals surface area contributed by atoms with E-state index in [9.17, 15) is 22.8 Å². The van der Waals surface area contributed by atoms with Gasteiger partial charge in [-0.1, -0.05) is 6.92 Å². The van der Waals surface area contributed by atoms with Crippen LogP contribution in [0.5, 0.6) is 5.88 Å². The Hall–Kier alpha value is -3.17. The molecule has 2 N–H and O–H groups in total. The third kappa shape index (κ3) is 5.66. The van der Waals surface area contributed by atoms with Crippen LogP contribution in [0.15, 0.2) is 30.6 Å². The zero-order valence-corrected chi connectivity index (χ0v) is 15.3. The number of anilines is 1. The maximum absolute atomic E-state index is 12.4. The molecule has 2 heterocycles. The molecule has 28 heavy (non-hydrogen) atoms. The van der Waals surface area contributed by atoms with Crippen molar-refractivity contribution < 1.29 is 27.5 Å². The number of pyridine rings is 2. The Morgan fingerprint density at radius 2 is 1.96 bits per heavy atom. The molecule has 0 aliphatic heterocycles. The summed E-state index contributed by atoms with van der Waals surface area (Å²) in [5, 5.41) is 0. The summed E-state index contributed by atoms with van der Waals surface area (Å²) in [6.45, 7) is 1.85. The van der Waals surface area contributed by atoms with Gasteiger partial charge in [-0.3, -0.25) is 14.5 Å². The van der Waals surface area contributed by atoms with Crippen molar-refractivity contribution in [2.75, 3.05) is 11.5 Å². The van der Waals surface area contributed by atoms with Crippen LogP contribution in [-0.4, -0.2) is 34.6 Å². The smallest absolute Gasteiger partial charge is 0.422 e. The zero-order valence-electron chi connectivity index (χ0n) is 15.3. The Kier molecular flexibility index (Phi) is 6.55. The molecule has 0 aliphatic carbocycles. The lowest BCUT2D eigenvalue weighted by molar-refractivity contribution is -0.154. The molecule has 0 saturated heterocycles. The van der Waals surface area contributed by atoms with E-state index in [2.05, 4.69) is 14.7 Å². The van der Waals surface area contributed by atoms with Gasteiger partial charge in [-0.25, -0.2) is 9.97 Å². The molecule has 7 nitrogen and oxygen atoms in total. The van der Waals surface area contributed by atoms with Gasteiger partial charge >= 0.3 is 6.18 Å². The molecule has 0 aromatic carbocycles. The third-order valence-electron chi connectivity index (χ3n) is 3.71. The number of carbonyl (C=O) groups is 2. The Labute approximate surface area is 159 Å². The molecule has 2 aromatic heterocycles. The van der Waals surface area contributed by atoms with E-state index in [1.165, 1.54) is 29.4 Å². The van der Waals surface area contributed by atoms with Gasteiger partial charge in [-0.2, -0.15) is 13.2 Å². The molecular formula is C18H19F3N4O3. The van der Waals surface area contributed by atoms with Crippen molar-refractivity contribution in [3.8, 4) is 5.88 Å². The highest BCUT2D eigenvalue weighted by Crippen LogP contribution is 2.22. The predicted octanol–water partition coefficient (Wildman–Crippen LogP) is 2.77. The van der Waals surface area contributed by atoms with E-state index in [0.717, 1.165) is 0 Å². The van der Waals surface area contributed by atoms with Crippen LogP contribution < -0.4 is 15.4 Å². The van der Waals surface area contributed by atoms with Crippen molar-refractivity contribution in [2.24, 2.45) is 5.73 Å². The number of nitrogens with two attached hydrogens (primary N) is 1. The Balaban J connectivity index is 2.26. The van der Waals surface area contributed by atoms with Crippen LogP contribution in [-0.2, 0) is 11.3 Å². The highest BCUT2D eigenvalue weighted by Gasteiger charge is 2.29. The molecule has 2 rings (SSSR count). The molecular weight excluding hydrogens is 377 g/mol. The Morgan fingerprint density at radius 1 is 1.25 bits per heavy atom. The van der Waals surface area contributed by atoms with E-state index < -0.39 is 18.7 Å². The number of halogens is 3. The number of hydrogen-bond donors (Lipinski definition) is 1. The second kappa shape index (κ2) is 8.68. The van der Waals surface area contributed by atoms with Crippen molar-refractivity contribution in [3.05, 3.63) is 47.3 Å². The second-order valence-electron chi connectivity index (χ2n) is 5.97. The van der Waals surface area contributed by atoms with E-state index in [1.54, 1.807) is 19.9 Å². The van der Waals surface area contributed by atoms with Crippen molar-refractivity contribution in [3.63, 3.8) is 0 Å². The van der Waals surface area contributed by atoms with Crippen LogP contribution in [0.2, 0.25) is 0 Å². The van der Waals surface area contributed by atoms with Crippen LogP contribution in [0.3, 0.4) is 0 Å². The first kappa shape index (κ1) is 21.1. The van der Waals surface area contributed by atoms with Crippen LogP contribution in [0.1, 0.15) is 34.8 Å². The van der Waals surface area contributed by atoms with Gasteiger partial charge < -0.3 is 10.5 Å². The Morgan fingerprint density at radius 3 is 2.54 bits per heavy atom. The second-order valence-corrected chi connectivity index (χ2v) is 5.97. The van der Waals surface area contributed by atoms with E-state index in [-0.39, 0.29) is 36.1 Å². The molecule has 0 fully saturated rings. The van der Waals surface area contributed by atoms with Crippen molar-refractivity contribution in [1.29, 1.82) is 0 Å². The average Bonchev–Trinajstić information content (AvgIpc) is 2.64. The zero-order chi connectivity index (χ0) is 20.9. The number of primary amides is 1. The highest BCUT2D eigenvalue weighted by molar-refractivity contribution is 5.96. The quantitative estimate of drug-likeness (QED) is 0.776. The summed E-state index contributed by atoms with van der Waals surface area (Å²) < 4.78 is 41.6. The summed E-state index contributed by atoms with van der Waals surface area (Å²) in [6.07, 6.45) is -1.59. The van der Waals surface area contributed by atoms with E-state index in [0.29, 0.717) is 11.1 Å². The van der Waals surface area contributed by atoms with Gasteiger partial charge in [0.25, 0.3) is 0 Å². The summed E-state index contributed by atoms with van der Waals surface area (Å²) >= 11 is 0. The number of rotatable bonds is 7. The number of carbonyl (C=O) groups excluding carboxylic acids is 2. The fourth-order valence-corrected chi connectivity index (χ4v) is 2.40. The normalized spacial score (nSPS) is 11.2. The number of nitrogens with zero attached hydrogens (tertiary/aromatic N) is 3. The number of aromatic nitrogens is 2. The molecule has 0 atom stereocenters. The molecule has 0 bridgehead atoms. The molecule has 0 spiro atoms. The van der Waals surface area contributed by atoms with Gasteiger partial charge in [-0.05, 0) is 30.7 Å². The van der Waals surface area contributed by atoms with Crippen molar-refractivity contribution in [1.82, 2.24) is 9.97 Å². The molecule has 2 aromatic rings. The maximum Gasteiger partial charge on any atom is 0.422 e. The van der Waals surface area contributed by atoms with Crippen LogP contribution in [0.25, 0.3) is 0 Å². The third-order valence-corrected chi connectivity index (χ3v) is 3.71. The van der Waals surface area contributed by atoms with Crippen molar-refractivity contribution >= 4 is 17.6 Å². The maximum atomic E-state index is 12.4. The summed E-state index contributed by atoms with van der Waals surface area (Å²) in [7, 11) is 0. The Bertz CT molecular complexity index is 871. The molecule has 10 heteroatoms. The largest absolute Gasteiger partial charge is 0.468 e. The lowest BCUT2D eigenvalue weighted by Gasteiger charge is -2.22. The number of ether oxygens (including phenoxy) is 1.